The third-order valence-electron chi connectivity index (χ3n) is 17.1. The summed E-state index contributed by atoms with van der Waals surface area (Å²) in [6, 6.07) is -0.623. The number of hydrogen-bond acceptors (Lipinski definition) is 5. The molecule has 2 atom stereocenters. The second-order valence-electron chi connectivity index (χ2n) is 25.3. The lowest BCUT2D eigenvalue weighted by Crippen LogP contribution is -2.45. The molecule has 478 valence electrons. The minimum absolute atomic E-state index is 0.0133. The fourth-order valence-corrected chi connectivity index (χ4v) is 11.5. The number of carbonyl (C=O) groups is 2. The molecule has 0 aromatic carbocycles. The van der Waals surface area contributed by atoms with Gasteiger partial charge in [-0.1, -0.05) is 346 Å². The Bertz CT molecular complexity index is 1310. The zero-order valence-electron chi connectivity index (χ0n) is 54.8. The van der Waals surface area contributed by atoms with E-state index in [1.54, 1.807) is 6.08 Å². The number of carbonyl (C=O) groups excluding carboxylic acids is 2. The van der Waals surface area contributed by atoms with E-state index in [9.17, 15) is 19.8 Å². The van der Waals surface area contributed by atoms with Gasteiger partial charge in [0.1, 0.15) is 0 Å². The van der Waals surface area contributed by atoms with Gasteiger partial charge in [-0.3, -0.25) is 9.59 Å². The molecule has 81 heavy (non-hydrogen) atoms. The van der Waals surface area contributed by atoms with Crippen LogP contribution in [0.1, 0.15) is 406 Å². The summed E-state index contributed by atoms with van der Waals surface area (Å²) in [5.74, 6) is -0.0495. The molecule has 0 aliphatic carbocycles. The Hall–Kier alpha value is -1.92. The number of nitrogens with one attached hydrogen (secondary N) is 1. The molecule has 1 amide bonds. The Balaban J connectivity index is 3.32. The van der Waals surface area contributed by atoms with E-state index >= 15 is 0 Å². The molecular weight excluding hydrogens is 995 g/mol. The van der Waals surface area contributed by atoms with Gasteiger partial charge in [0, 0.05) is 12.8 Å². The molecule has 0 aliphatic heterocycles. The minimum atomic E-state index is -0.840. The monoisotopic (exact) mass is 1140 g/mol. The van der Waals surface area contributed by atoms with E-state index in [-0.39, 0.29) is 18.5 Å². The Labute approximate surface area is 506 Å². The molecule has 0 fully saturated rings. The highest BCUT2D eigenvalue weighted by Gasteiger charge is 2.18. The van der Waals surface area contributed by atoms with Crippen molar-refractivity contribution in [3.63, 3.8) is 0 Å². The summed E-state index contributed by atoms with van der Waals surface area (Å²) < 4.78 is 5.48. The molecule has 0 heterocycles. The lowest BCUT2D eigenvalue weighted by molar-refractivity contribution is -0.143. The van der Waals surface area contributed by atoms with Gasteiger partial charge in [-0.25, -0.2) is 0 Å². The zero-order valence-corrected chi connectivity index (χ0v) is 54.8. The van der Waals surface area contributed by atoms with Crippen molar-refractivity contribution in [2.45, 2.75) is 418 Å². The van der Waals surface area contributed by atoms with Crippen LogP contribution >= 0.6 is 0 Å². The van der Waals surface area contributed by atoms with Crippen molar-refractivity contribution >= 4 is 11.9 Å². The maximum atomic E-state index is 12.5. The molecule has 0 saturated carbocycles. The molecule has 0 rings (SSSR count). The van der Waals surface area contributed by atoms with Crippen LogP contribution in [0.3, 0.4) is 0 Å². The molecule has 0 bridgehead atoms. The fraction of sp³-hybridized carbons (Fsp3) is 0.893. The normalized spacial score (nSPS) is 12.7. The van der Waals surface area contributed by atoms with Crippen molar-refractivity contribution in [2.75, 3.05) is 13.2 Å². The maximum Gasteiger partial charge on any atom is 0.305 e. The zero-order chi connectivity index (χ0) is 58.5. The number of esters is 1. The Kier molecular flexibility index (Phi) is 68.9. The molecule has 0 aliphatic rings. The van der Waals surface area contributed by atoms with Gasteiger partial charge < -0.3 is 20.3 Å². The number of ether oxygens (including phenoxy) is 1. The Morgan fingerprint density at radius 2 is 0.580 bits per heavy atom. The van der Waals surface area contributed by atoms with Crippen molar-refractivity contribution in [1.29, 1.82) is 0 Å². The second kappa shape index (κ2) is 70.6. The third-order valence-corrected chi connectivity index (χ3v) is 17.1. The molecule has 6 nitrogen and oxygen atoms in total. The van der Waals surface area contributed by atoms with Gasteiger partial charge in [-0.15, -0.1) is 0 Å². The predicted octanol–water partition coefficient (Wildman–Crippen LogP) is 23.9. The van der Waals surface area contributed by atoms with Crippen molar-refractivity contribution < 1.29 is 24.5 Å². The van der Waals surface area contributed by atoms with Crippen LogP contribution in [0.4, 0.5) is 0 Å². The van der Waals surface area contributed by atoms with E-state index in [4.69, 9.17) is 4.74 Å². The summed E-state index contributed by atoms with van der Waals surface area (Å²) in [7, 11) is 0. The van der Waals surface area contributed by atoms with Crippen LogP contribution in [0.5, 0.6) is 0 Å². The quantitative estimate of drug-likeness (QED) is 0.0320. The van der Waals surface area contributed by atoms with Crippen LogP contribution in [0.15, 0.2) is 36.5 Å². The summed E-state index contributed by atoms with van der Waals surface area (Å²) in [5, 5.41) is 23.1. The van der Waals surface area contributed by atoms with Crippen LogP contribution in [-0.4, -0.2) is 47.4 Å². The van der Waals surface area contributed by atoms with Crippen LogP contribution in [0.25, 0.3) is 0 Å². The smallest absolute Gasteiger partial charge is 0.305 e. The summed E-state index contributed by atoms with van der Waals surface area (Å²) in [6.45, 7) is 4.91. The topological polar surface area (TPSA) is 95.9 Å². The highest BCUT2D eigenvalue weighted by Crippen LogP contribution is 2.19. The molecule has 0 aromatic rings. The van der Waals surface area contributed by atoms with Crippen molar-refractivity contribution in [1.82, 2.24) is 5.32 Å². The third kappa shape index (κ3) is 67.1. The van der Waals surface area contributed by atoms with Crippen molar-refractivity contribution in [2.24, 2.45) is 0 Å². The number of aliphatic hydroxyl groups is 2. The molecule has 6 heteroatoms. The lowest BCUT2D eigenvalue weighted by Gasteiger charge is -2.20. The first-order valence-corrected chi connectivity index (χ1v) is 36.8. The average molecular weight is 1140 g/mol. The fourth-order valence-electron chi connectivity index (χ4n) is 11.5. The predicted molar refractivity (Wildman–Crippen MR) is 356 cm³/mol. The summed E-state index contributed by atoms with van der Waals surface area (Å²) >= 11 is 0. The number of amides is 1. The first kappa shape index (κ1) is 79.1. The van der Waals surface area contributed by atoms with E-state index in [2.05, 4.69) is 43.5 Å². The minimum Gasteiger partial charge on any atom is -0.466 e. The standard InChI is InChI=1S/C75H143NO5/c1-3-5-7-9-11-13-15-44-49-53-57-61-65-69-75(80)81-70-66-62-58-54-50-46-43-41-39-37-35-33-31-29-27-25-23-21-19-17-18-20-22-24-26-28-30-32-34-36-38-40-42-45-48-52-56-60-64-68-74(79)76-72(71-77)73(78)67-63-59-55-51-47-16-14-12-10-8-6-4-2/h13,15,17-18,63,67,72-73,77-78H,3-12,14,16,19-62,64-66,68-71H2,1-2H3,(H,76,79)/b15-13-,18-17-,67-63+. The van der Waals surface area contributed by atoms with E-state index in [1.807, 2.05) is 6.08 Å². The Morgan fingerprint density at radius 3 is 0.889 bits per heavy atom. The molecule has 0 saturated heterocycles. The average Bonchev–Trinajstić information content (AvgIpc) is 3.47. The van der Waals surface area contributed by atoms with Crippen LogP contribution in [0.2, 0.25) is 0 Å². The van der Waals surface area contributed by atoms with Gasteiger partial charge in [0.05, 0.1) is 25.4 Å². The highest BCUT2D eigenvalue weighted by molar-refractivity contribution is 5.76. The maximum absolute atomic E-state index is 12.5. The Morgan fingerprint density at radius 1 is 0.333 bits per heavy atom. The molecule has 0 radical (unpaired) electrons. The first-order chi connectivity index (χ1) is 40.0. The first-order valence-electron chi connectivity index (χ1n) is 36.8. The van der Waals surface area contributed by atoms with Crippen molar-refractivity contribution in [3.05, 3.63) is 36.5 Å². The highest BCUT2D eigenvalue weighted by atomic mass is 16.5. The summed E-state index contributed by atoms with van der Waals surface area (Å²) in [4.78, 5) is 24.5. The SMILES string of the molecule is CCCCCC/C=C\CCCCCCCC(=O)OCCCCCCCCCCCCCCCCCCCC/C=C\CCCCCCCCCCCCCCCCCCCC(=O)NC(CO)C(O)/C=C/CCCCCCCCCCCC. The molecule has 0 aromatic heterocycles. The van der Waals surface area contributed by atoms with E-state index in [0.717, 1.165) is 44.9 Å². The lowest BCUT2D eigenvalue weighted by atomic mass is 10.0. The van der Waals surface area contributed by atoms with E-state index < -0.39 is 12.1 Å². The molecule has 2 unspecified atom stereocenters. The number of aliphatic hydroxyl groups excluding tert-OH is 2. The molecule has 0 spiro atoms. The number of unbranched alkanes of at least 4 members (excludes halogenated alkanes) is 54. The molecular formula is C75H143NO5. The van der Waals surface area contributed by atoms with Gasteiger partial charge >= 0.3 is 5.97 Å². The van der Waals surface area contributed by atoms with Crippen LogP contribution < -0.4 is 5.32 Å². The second-order valence-corrected chi connectivity index (χ2v) is 25.3. The van der Waals surface area contributed by atoms with E-state index in [1.165, 1.54) is 334 Å². The van der Waals surface area contributed by atoms with Crippen molar-refractivity contribution in [3.8, 4) is 0 Å². The number of hydrogen-bond donors (Lipinski definition) is 3. The largest absolute Gasteiger partial charge is 0.466 e. The number of rotatable bonds is 69. The summed E-state index contributed by atoms with van der Waals surface area (Å²) in [5.41, 5.74) is 0. The summed E-state index contributed by atoms with van der Waals surface area (Å²) in [6.07, 6.45) is 91.2. The van der Waals surface area contributed by atoms with Gasteiger partial charge in [-0.2, -0.15) is 0 Å². The van der Waals surface area contributed by atoms with Gasteiger partial charge in [0.25, 0.3) is 0 Å². The molecule has 3 N–H and O–H groups in total. The van der Waals surface area contributed by atoms with Crippen LogP contribution in [-0.2, 0) is 14.3 Å². The van der Waals surface area contributed by atoms with E-state index in [0.29, 0.717) is 19.4 Å². The van der Waals surface area contributed by atoms with Crippen LogP contribution in [0, 0.1) is 0 Å². The van der Waals surface area contributed by atoms with Gasteiger partial charge in [0.2, 0.25) is 5.91 Å². The number of allylic oxidation sites excluding steroid dienone is 5. The van der Waals surface area contributed by atoms with Gasteiger partial charge in [-0.05, 0) is 83.5 Å². The van der Waals surface area contributed by atoms with Gasteiger partial charge in [0.15, 0.2) is 0 Å².